The Bertz CT molecular complexity index is 809. The van der Waals surface area contributed by atoms with Gasteiger partial charge in [-0.1, -0.05) is 30.3 Å². The van der Waals surface area contributed by atoms with Gasteiger partial charge in [0.25, 0.3) is 5.91 Å². The van der Waals surface area contributed by atoms with Crippen molar-refractivity contribution >= 4 is 11.6 Å². The van der Waals surface area contributed by atoms with E-state index in [2.05, 4.69) is 0 Å². The van der Waals surface area contributed by atoms with E-state index < -0.39 is 17.6 Å². The Labute approximate surface area is 140 Å². The number of likely N-dealkylation sites (N-methyl/N-ethyl adjacent to an activating group) is 1. The van der Waals surface area contributed by atoms with Crippen molar-refractivity contribution in [2.24, 2.45) is 0 Å². The van der Waals surface area contributed by atoms with E-state index in [0.717, 1.165) is 11.3 Å². The molecule has 0 spiro atoms. The minimum absolute atomic E-state index is 0.0473. The molecular formula is C19H19FN2O2. The number of aliphatic hydroxyl groups is 1. The summed E-state index contributed by atoms with van der Waals surface area (Å²) >= 11 is 0. The van der Waals surface area contributed by atoms with E-state index in [1.54, 1.807) is 17.0 Å². The average molecular weight is 326 g/mol. The van der Waals surface area contributed by atoms with Gasteiger partial charge >= 0.3 is 0 Å². The van der Waals surface area contributed by atoms with Gasteiger partial charge < -0.3 is 14.9 Å². The number of fused-ring (bicyclic) bond motifs is 3. The standard InChI is InChI=1S/C19H19FN2O2/c1-21-16-10-5-3-8-14(16)19(24)11-6-12-22(18(19)21)17(23)13-7-2-4-9-15(13)20/h2-5,7-10,18,24H,6,11-12H2,1H3. The van der Waals surface area contributed by atoms with E-state index in [9.17, 15) is 14.3 Å². The second-order valence-corrected chi connectivity index (χ2v) is 6.51. The molecule has 2 aromatic rings. The van der Waals surface area contributed by atoms with Crippen molar-refractivity contribution in [1.82, 2.24) is 4.90 Å². The minimum Gasteiger partial charge on any atom is -0.381 e. The molecule has 4 nitrogen and oxygen atoms in total. The molecule has 0 aliphatic carbocycles. The SMILES string of the molecule is CN1c2ccccc2C2(O)CCCN(C(=O)c3ccccc3F)C12. The molecule has 5 heteroatoms. The van der Waals surface area contributed by atoms with E-state index in [-0.39, 0.29) is 11.5 Å². The third kappa shape index (κ3) is 1.97. The number of hydrogen-bond acceptors (Lipinski definition) is 3. The Morgan fingerprint density at radius 2 is 1.92 bits per heavy atom. The highest BCUT2D eigenvalue weighted by Gasteiger charge is 2.54. The van der Waals surface area contributed by atoms with Crippen LogP contribution in [-0.4, -0.2) is 35.7 Å². The quantitative estimate of drug-likeness (QED) is 0.876. The van der Waals surface area contributed by atoms with Gasteiger partial charge in [0, 0.05) is 24.8 Å². The van der Waals surface area contributed by atoms with E-state index >= 15 is 0 Å². The lowest BCUT2D eigenvalue weighted by Crippen LogP contribution is -2.60. The molecule has 2 aliphatic rings. The van der Waals surface area contributed by atoms with Gasteiger partial charge in [-0.15, -0.1) is 0 Å². The maximum Gasteiger partial charge on any atom is 0.258 e. The van der Waals surface area contributed by atoms with Crippen LogP contribution in [0, 0.1) is 5.82 Å². The summed E-state index contributed by atoms with van der Waals surface area (Å²) < 4.78 is 14.1. The number of anilines is 1. The molecule has 1 fully saturated rings. The predicted molar refractivity (Wildman–Crippen MR) is 89.2 cm³/mol. The van der Waals surface area contributed by atoms with Gasteiger partial charge in [0.1, 0.15) is 17.6 Å². The molecule has 1 amide bonds. The van der Waals surface area contributed by atoms with Crippen LogP contribution in [0.3, 0.4) is 0 Å². The van der Waals surface area contributed by atoms with E-state index in [4.69, 9.17) is 0 Å². The van der Waals surface area contributed by atoms with Crippen molar-refractivity contribution in [2.45, 2.75) is 24.6 Å². The maximum atomic E-state index is 14.1. The number of benzene rings is 2. The summed E-state index contributed by atoms with van der Waals surface area (Å²) in [6.07, 6.45) is 0.742. The summed E-state index contributed by atoms with van der Waals surface area (Å²) in [4.78, 5) is 16.5. The van der Waals surface area contributed by atoms with E-state index in [1.807, 2.05) is 36.2 Å². The van der Waals surface area contributed by atoms with Gasteiger partial charge in [-0.2, -0.15) is 0 Å². The van der Waals surface area contributed by atoms with Gasteiger partial charge in [-0.3, -0.25) is 4.79 Å². The van der Waals surface area contributed by atoms with Gasteiger partial charge in [-0.25, -0.2) is 4.39 Å². The third-order valence-electron chi connectivity index (χ3n) is 5.16. The molecule has 0 aromatic heterocycles. The Hall–Kier alpha value is -2.40. The first-order chi connectivity index (χ1) is 11.5. The Balaban J connectivity index is 1.77. The zero-order valence-electron chi connectivity index (χ0n) is 13.4. The van der Waals surface area contributed by atoms with Crippen molar-refractivity contribution in [2.75, 3.05) is 18.5 Å². The fourth-order valence-corrected chi connectivity index (χ4v) is 4.11. The molecule has 0 bridgehead atoms. The molecule has 1 N–H and O–H groups in total. The first-order valence-electron chi connectivity index (χ1n) is 8.14. The minimum atomic E-state index is -1.12. The van der Waals surface area contributed by atoms with Crippen molar-refractivity contribution in [3.63, 3.8) is 0 Å². The summed E-state index contributed by atoms with van der Waals surface area (Å²) in [6.45, 7) is 0.498. The smallest absolute Gasteiger partial charge is 0.258 e. The van der Waals surface area contributed by atoms with Crippen molar-refractivity contribution in [3.05, 3.63) is 65.5 Å². The number of carbonyl (C=O) groups is 1. The first kappa shape index (κ1) is 15.1. The normalized spacial score (nSPS) is 25.4. The largest absolute Gasteiger partial charge is 0.381 e. The summed E-state index contributed by atoms with van der Waals surface area (Å²) in [6, 6.07) is 13.7. The molecule has 2 aliphatic heterocycles. The Morgan fingerprint density at radius 1 is 1.21 bits per heavy atom. The monoisotopic (exact) mass is 326 g/mol. The second kappa shape index (κ2) is 5.31. The summed E-state index contributed by atoms with van der Waals surface area (Å²) in [7, 11) is 1.87. The molecule has 124 valence electrons. The topological polar surface area (TPSA) is 43.8 Å². The zero-order valence-corrected chi connectivity index (χ0v) is 13.4. The molecule has 4 rings (SSSR count). The molecule has 2 atom stereocenters. The molecule has 2 heterocycles. The van der Waals surface area contributed by atoms with Crippen LogP contribution in [0.5, 0.6) is 0 Å². The van der Waals surface area contributed by atoms with Crippen LogP contribution in [0.4, 0.5) is 10.1 Å². The van der Waals surface area contributed by atoms with E-state index in [0.29, 0.717) is 19.4 Å². The number of hydrogen-bond donors (Lipinski definition) is 1. The van der Waals surface area contributed by atoms with Gasteiger partial charge in [0.2, 0.25) is 0 Å². The fraction of sp³-hybridized carbons (Fsp3) is 0.316. The third-order valence-corrected chi connectivity index (χ3v) is 5.16. The molecule has 0 radical (unpaired) electrons. The highest BCUT2D eigenvalue weighted by molar-refractivity contribution is 5.95. The van der Waals surface area contributed by atoms with Crippen molar-refractivity contribution in [3.8, 4) is 0 Å². The van der Waals surface area contributed by atoms with E-state index in [1.165, 1.54) is 12.1 Å². The Morgan fingerprint density at radius 3 is 2.71 bits per heavy atom. The lowest BCUT2D eigenvalue weighted by Gasteiger charge is -2.45. The summed E-state index contributed by atoms with van der Waals surface area (Å²) in [5, 5.41) is 11.3. The molecule has 1 saturated heterocycles. The summed E-state index contributed by atoms with van der Waals surface area (Å²) in [5.41, 5.74) is 0.678. The van der Waals surface area contributed by atoms with Gasteiger partial charge in [0.15, 0.2) is 0 Å². The number of nitrogens with zero attached hydrogens (tertiary/aromatic N) is 2. The average Bonchev–Trinajstić information content (AvgIpc) is 2.83. The number of piperidine rings is 1. The molecule has 2 aromatic carbocycles. The van der Waals surface area contributed by atoms with Crippen LogP contribution in [0.2, 0.25) is 0 Å². The van der Waals surface area contributed by atoms with Crippen LogP contribution in [-0.2, 0) is 5.60 Å². The van der Waals surface area contributed by atoms with Crippen molar-refractivity contribution < 1.29 is 14.3 Å². The van der Waals surface area contributed by atoms with Crippen LogP contribution < -0.4 is 4.90 Å². The maximum absolute atomic E-state index is 14.1. The lowest BCUT2D eigenvalue weighted by molar-refractivity contribution is -0.0646. The van der Waals surface area contributed by atoms with Gasteiger partial charge in [0.05, 0.1) is 5.56 Å². The number of para-hydroxylation sites is 1. The van der Waals surface area contributed by atoms with Crippen LogP contribution in [0.15, 0.2) is 48.5 Å². The molecule has 0 saturated carbocycles. The Kier molecular flexibility index (Phi) is 3.35. The first-order valence-corrected chi connectivity index (χ1v) is 8.14. The molecular weight excluding hydrogens is 307 g/mol. The van der Waals surface area contributed by atoms with Gasteiger partial charge in [-0.05, 0) is 31.0 Å². The highest BCUT2D eigenvalue weighted by atomic mass is 19.1. The van der Waals surface area contributed by atoms with Crippen LogP contribution >= 0.6 is 0 Å². The highest BCUT2D eigenvalue weighted by Crippen LogP contribution is 2.49. The molecule has 2 unspecified atom stereocenters. The number of amides is 1. The summed E-state index contributed by atoms with van der Waals surface area (Å²) in [5.74, 6) is -0.911. The van der Waals surface area contributed by atoms with Crippen LogP contribution in [0.25, 0.3) is 0 Å². The number of likely N-dealkylation sites (tertiary alicyclic amines) is 1. The lowest BCUT2D eigenvalue weighted by atomic mass is 9.84. The molecule has 24 heavy (non-hydrogen) atoms. The number of carbonyl (C=O) groups excluding carboxylic acids is 1. The zero-order chi connectivity index (χ0) is 16.9. The second-order valence-electron chi connectivity index (χ2n) is 6.51. The van der Waals surface area contributed by atoms with Crippen LogP contribution in [0.1, 0.15) is 28.8 Å². The van der Waals surface area contributed by atoms with Crippen molar-refractivity contribution in [1.29, 1.82) is 0 Å². The number of halogens is 1. The predicted octanol–water partition coefficient (Wildman–Crippen LogP) is 2.73. The number of rotatable bonds is 1. The fourth-order valence-electron chi connectivity index (χ4n) is 4.11.